The molecule has 0 radical (unpaired) electrons. The monoisotopic (exact) mass is 378 g/mol. The summed E-state index contributed by atoms with van der Waals surface area (Å²) in [5, 5.41) is 6.53. The van der Waals surface area contributed by atoms with E-state index in [1.54, 1.807) is 9.80 Å². The van der Waals surface area contributed by atoms with Crippen molar-refractivity contribution in [2.45, 2.75) is 12.8 Å². The first-order chi connectivity index (χ1) is 11.8. The fraction of sp³-hybridized carbons (Fsp3) is 0.562. The summed E-state index contributed by atoms with van der Waals surface area (Å²) in [7, 11) is 2.23. The van der Waals surface area contributed by atoms with Crippen molar-refractivity contribution in [3.8, 4) is 5.75 Å². The molecule has 1 aliphatic heterocycles. The number of hydrogen-bond donors (Lipinski definition) is 4. The van der Waals surface area contributed by atoms with Crippen LogP contribution in [0.1, 0.15) is 6.42 Å². The SMILES string of the molecule is C[NH+]1CC[NH+](CCCNC(=S)Nc2ccc(OC(F)(F)F)cc2)CC1. The average Bonchev–Trinajstić information content (AvgIpc) is 2.54. The van der Waals surface area contributed by atoms with E-state index in [1.807, 2.05) is 0 Å². The van der Waals surface area contributed by atoms with E-state index in [2.05, 4.69) is 22.4 Å². The molecule has 1 aliphatic rings. The van der Waals surface area contributed by atoms with E-state index in [-0.39, 0.29) is 5.75 Å². The summed E-state index contributed by atoms with van der Waals surface area (Å²) in [5.74, 6) is -0.256. The molecular weight excluding hydrogens is 353 g/mol. The average molecular weight is 378 g/mol. The van der Waals surface area contributed by atoms with E-state index in [9.17, 15) is 13.2 Å². The van der Waals surface area contributed by atoms with Crippen LogP contribution in [-0.4, -0.2) is 57.8 Å². The van der Waals surface area contributed by atoms with Crippen LogP contribution in [0.3, 0.4) is 0 Å². The van der Waals surface area contributed by atoms with E-state index in [4.69, 9.17) is 12.2 Å². The lowest BCUT2D eigenvalue weighted by Gasteiger charge is -2.27. The quantitative estimate of drug-likeness (QED) is 0.405. The Balaban J connectivity index is 1.63. The van der Waals surface area contributed by atoms with Crippen molar-refractivity contribution < 1.29 is 27.7 Å². The number of rotatable bonds is 6. The molecule has 9 heteroatoms. The lowest BCUT2D eigenvalue weighted by Crippen LogP contribution is -3.27. The highest BCUT2D eigenvalue weighted by Gasteiger charge is 2.30. The highest BCUT2D eigenvalue weighted by Crippen LogP contribution is 2.23. The zero-order valence-corrected chi connectivity index (χ0v) is 15.0. The van der Waals surface area contributed by atoms with Crippen LogP contribution in [0.25, 0.3) is 0 Å². The topological polar surface area (TPSA) is 42.2 Å². The van der Waals surface area contributed by atoms with Crippen LogP contribution in [0.2, 0.25) is 0 Å². The molecule has 1 heterocycles. The number of quaternary nitrogens is 2. The highest BCUT2D eigenvalue weighted by atomic mass is 32.1. The minimum absolute atomic E-state index is 0.256. The van der Waals surface area contributed by atoms with Crippen LogP contribution in [0.15, 0.2) is 24.3 Å². The minimum Gasteiger partial charge on any atom is -0.406 e. The van der Waals surface area contributed by atoms with Crippen LogP contribution < -0.4 is 25.2 Å². The molecule has 2 rings (SSSR count). The molecule has 4 N–H and O–H groups in total. The van der Waals surface area contributed by atoms with Gasteiger partial charge in [0.25, 0.3) is 0 Å². The fourth-order valence-corrected chi connectivity index (χ4v) is 2.96. The van der Waals surface area contributed by atoms with E-state index >= 15 is 0 Å². The third kappa shape index (κ3) is 7.89. The van der Waals surface area contributed by atoms with Crippen molar-refractivity contribution in [2.75, 3.05) is 51.6 Å². The van der Waals surface area contributed by atoms with Gasteiger partial charge in [0, 0.05) is 18.7 Å². The molecule has 1 saturated heterocycles. The molecule has 0 unspecified atom stereocenters. The fourth-order valence-electron chi connectivity index (χ4n) is 2.74. The maximum absolute atomic E-state index is 12.1. The molecule has 0 atom stereocenters. The number of piperazine rings is 1. The van der Waals surface area contributed by atoms with Gasteiger partial charge in [-0.1, -0.05) is 0 Å². The lowest BCUT2D eigenvalue weighted by atomic mass is 10.3. The van der Waals surface area contributed by atoms with Gasteiger partial charge in [-0.3, -0.25) is 0 Å². The summed E-state index contributed by atoms with van der Waals surface area (Å²) >= 11 is 5.20. The highest BCUT2D eigenvalue weighted by molar-refractivity contribution is 7.80. The molecule has 1 aromatic carbocycles. The van der Waals surface area contributed by atoms with Gasteiger partial charge in [0.05, 0.1) is 13.6 Å². The number of benzene rings is 1. The van der Waals surface area contributed by atoms with Gasteiger partial charge in [-0.05, 0) is 36.5 Å². The molecule has 0 bridgehead atoms. The maximum Gasteiger partial charge on any atom is 0.573 e. The van der Waals surface area contributed by atoms with Crippen molar-refractivity contribution in [1.82, 2.24) is 5.32 Å². The molecule has 0 spiro atoms. The first-order valence-corrected chi connectivity index (χ1v) is 8.78. The third-order valence-corrected chi connectivity index (χ3v) is 4.40. The first-order valence-electron chi connectivity index (χ1n) is 8.37. The smallest absolute Gasteiger partial charge is 0.406 e. The van der Waals surface area contributed by atoms with Crippen LogP contribution in [-0.2, 0) is 0 Å². The van der Waals surface area contributed by atoms with Gasteiger partial charge in [0.2, 0.25) is 0 Å². The Morgan fingerprint density at radius 3 is 2.40 bits per heavy atom. The van der Waals surface area contributed by atoms with Crippen molar-refractivity contribution in [3.05, 3.63) is 24.3 Å². The Hall–Kier alpha value is -1.58. The Bertz CT molecular complexity index is 545. The normalized spacial score (nSPS) is 20.8. The second-order valence-corrected chi connectivity index (χ2v) is 6.67. The first kappa shape index (κ1) is 19.7. The van der Waals surface area contributed by atoms with Gasteiger partial charge in [0.15, 0.2) is 5.11 Å². The third-order valence-electron chi connectivity index (χ3n) is 4.15. The Morgan fingerprint density at radius 2 is 1.80 bits per heavy atom. The molecule has 1 aromatic rings. The van der Waals surface area contributed by atoms with Crippen molar-refractivity contribution >= 4 is 23.0 Å². The Labute approximate surface area is 151 Å². The molecule has 0 amide bonds. The summed E-state index contributed by atoms with van der Waals surface area (Å²) in [5.41, 5.74) is 0.611. The van der Waals surface area contributed by atoms with Gasteiger partial charge in [-0.15, -0.1) is 13.2 Å². The van der Waals surface area contributed by atoms with Gasteiger partial charge < -0.3 is 25.2 Å². The van der Waals surface area contributed by atoms with Gasteiger partial charge in [0.1, 0.15) is 31.9 Å². The van der Waals surface area contributed by atoms with Gasteiger partial charge in [-0.2, -0.15) is 0 Å². The number of hydrogen-bond acceptors (Lipinski definition) is 2. The van der Waals surface area contributed by atoms with Crippen LogP contribution >= 0.6 is 12.2 Å². The molecule has 0 aliphatic carbocycles. The maximum atomic E-state index is 12.1. The standard InChI is InChI=1S/C16H23F3N4OS/c1-22-9-11-23(12-10-22)8-2-7-20-15(25)21-13-3-5-14(6-4-13)24-16(17,18)19/h3-6H,2,7-12H2,1H3,(H2,20,21,25)/p+2. The predicted octanol–water partition coefficient (Wildman–Crippen LogP) is -0.325. The minimum atomic E-state index is -4.68. The summed E-state index contributed by atoms with van der Waals surface area (Å²) in [6, 6.07) is 5.48. The van der Waals surface area contributed by atoms with Crippen molar-refractivity contribution in [1.29, 1.82) is 0 Å². The van der Waals surface area contributed by atoms with Crippen LogP contribution in [0.5, 0.6) is 5.75 Å². The molecule has 5 nitrogen and oxygen atoms in total. The summed E-state index contributed by atoms with van der Waals surface area (Å²) in [6.45, 7) is 6.75. The second-order valence-electron chi connectivity index (χ2n) is 6.26. The molecule has 0 saturated carbocycles. The number of likely N-dealkylation sites (N-methyl/N-ethyl adjacent to an activating group) is 1. The summed E-state index contributed by atoms with van der Waals surface area (Å²) < 4.78 is 40.1. The number of alkyl halides is 3. The van der Waals surface area contributed by atoms with E-state index in [1.165, 1.54) is 50.4 Å². The molecule has 1 fully saturated rings. The van der Waals surface area contributed by atoms with Crippen molar-refractivity contribution in [2.24, 2.45) is 0 Å². The molecule has 0 aromatic heterocycles. The van der Waals surface area contributed by atoms with Crippen LogP contribution in [0, 0.1) is 0 Å². The number of thiocarbonyl (C=S) groups is 1. The molecule has 140 valence electrons. The second kappa shape index (κ2) is 9.21. The number of anilines is 1. The van der Waals surface area contributed by atoms with E-state index in [0.29, 0.717) is 10.8 Å². The van der Waals surface area contributed by atoms with Crippen molar-refractivity contribution in [3.63, 3.8) is 0 Å². The zero-order valence-electron chi connectivity index (χ0n) is 14.2. The van der Waals surface area contributed by atoms with E-state index in [0.717, 1.165) is 19.5 Å². The van der Waals surface area contributed by atoms with E-state index < -0.39 is 6.36 Å². The summed E-state index contributed by atoms with van der Waals surface area (Å²) in [6.07, 6.45) is -3.66. The Morgan fingerprint density at radius 1 is 1.16 bits per heavy atom. The number of nitrogens with one attached hydrogen (secondary N) is 4. The lowest BCUT2D eigenvalue weighted by molar-refractivity contribution is -1.00. The molecular formula is C16H25F3N4OS+2. The Kier molecular flexibility index (Phi) is 7.27. The van der Waals surface area contributed by atoms with Crippen LogP contribution in [0.4, 0.5) is 18.9 Å². The van der Waals surface area contributed by atoms with Gasteiger partial charge >= 0.3 is 6.36 Å². The molecule has 25 heavy (non-hydrogen) atoms. The van der Waals surface area contributed by atoms with Gasteiger partial charge in [-0.25, -0.2) is 0 Å². The number of halogens is 3. The summed E-state index contributed by atoms with van der Waals surface area (Å²) in [4.78, 5) is 3.23. The zero-order chi connectivity index (χ0) is 18.3. The predicted molar refractivity (Wildman–Crippen MR) is 94.1 cm³/mol. The largest absolute Gasteiger partial charge is 0.573 e. The number of ether oxygens (including phenoxy) is 1.